The molecule has 3 rings (SSSR count). The van der Waals surface area contributed by atoms with E-state index < -0.39 is 0 Å². The number of hydrogen-bond donors (Lipinski definition) is 1. The largest absolute Gasteiger partial charge is 0.451 e. The van der Waals surface area contributed by atoms with Gasteiger partial charge >= 0.3 is 0 Å². The summed E-state index contributed by atoms with van der Waals surface area (Å²) in [5.41, 5.74) is 3.20. The Bertz CT molecular complexity index is 975. The summed E-state index contributed by atoms with van der Waals surface area (Å²) in [7, 11) is 0. The van der Waals surface area contributed by atoms with Gasteiger partial charge in [-0.3, -0.25) is 9.59 Å². The second kappa shape index (κ2) is 7.23. The summed E-state index contributed by atoms with van der Waals surface area (Å²) in [5, 5.41) is 2.94. The number of Topliss-reactive ketones (excluding diaryl/α,β-unsaturated/α-hetero) is 1. The van der Waals surface area contributed by atoms with E-state index in [2.05, 4.69) is 26.1 Å². The van der Waals surface area contributed by atoms with E-state index in [9.17, 15) is 9.59 Å². The summed E-state index contributed by atoms with van der Waals surface area (Å²) in [6, 6.07) is 18.3. The van der Waals surface area contributed by atoms with Gasteiger partial charge in [0.05, 0.1) is 0 Å². The van der Waals surface area contributed by atoms with Gasteiger partial charge in [-0.15, -0.1) is 0 Å². The molecule has 4 nitrogen and oxygen atoms in total. The van der Waals surface area contributed by atoms with Gasteiger partial charge in [-0.2, -0.15) is 0 Å². The van der Waals surface area contributed by atoms with Crippen molar-refractivity contribution in [2.75, 3.05) is 5.32 Å². The number of carbonyl (C=O) groups is 2. The van der Waals surface area contributed by atoms with E-state index in [1.165, 1.54) is 6.92 Å². The SMILES string of the molecule is CC(=O)c1ccc(-c2ccc(C(=O)Nc3ccccc3C(C)(C)C)o2)cc1. The molecular weight excluding hydrogens is 338 g/mol. The first-order valence-corrected chi connectivity index (χ1v) is 8.88. The zero-order chi connectivity index (χ0) is 19.6. The third kappa shape index (κ3) is 4.17. The van der Waals surface area contributed by atoms with Gasteiger partial charge in [-0.05, 0) is 36.1 Å². The van der Waals surface area contributed by atoms with Gasteiger partial charge in [0.15, 0.2) is 11.5 Å². The monoisotopic (exact) mass is 361 g/mol. The molecule has 0 saturated carbocycles. The van der Waals surface area contributed by atoms with Crippen LogP contribution in [0.3, 0.4) is 0 Å². The van der Waals surface area contributed by atoms with Crippen LogP contribution in [-0.4, -0.2) is 11.7 Å². The first-order chi connectivity index (χ1) is 12.8. The van der Waals surface area contributed by atoms with Crippen LogP contribution in [0, 0.1) is 0 Å². The molecule has 2 aromatic carbocycles. The lowest BCUT2D eigenvalue weighted by atomic mass is 9.86. The van der Waals surface area contributed by atoms with Gasteiger partial charge in [0.2, 0.25) is 0 Å². The van der Waals surface area contributed by atoms with Crippen LogP contribution in [0.4, 0.5) is 5.69 Å². The molecule has 3 aromatic rings. The number of rotatable bonds is 4. The number of para-hydroxylation sites is 1. The van der Waals surface area contributed by atoms with Gasteiger partial charge in [0.1, 0.15) is 5.76 Å². The third-order valence-corrected chi connectivity index (χ3v) is 4.39. The molecule has 138 valence electrons. The van der Waals surface area contributed by atoms with Crippen LogP contribution in [0.25, 0.3) is 11.3 Å². The van der Waals surface area contributed by atoms with Crippen molar-refractivity contribution in [1.82, 2.24) is 0 Å². The van der Waals surface area contributed by atoms with E-state index >= 15 is 0 Å². The summed E-state index contributed by atoms with van der Waals surface area (Å²) in [6.45, 7) is 7.84. The van der Waals surface area contributed by atoms with Crippen LogP contribution in [0.1, 0.15) is 54.2 Å². The highest BCUT2D eigenvalue weighted by Crippen LogP contribution is 2.30. The average molecular weight is 361 g/mol. The van der Waals surface area contributed by atoms with Crippen molar-refractivity contribution < 1.29 is 14.0 Å². The van der Waals surface area contributed by atoms with E-state index in [-0.39, 0.29) is 22.9 Å². The molecular formula is C23H23NO3. The Morgan fingerprint density at radius 1 is 0.889 bits per heavy atom. The second-order valence-electron chi connectivity index (χ2n) is 7.55. The topological polar surface area (TPSA) is 59.3 Å². The predicted octanol–water partition coefficient (Wildman–Crippen LogP) is 5.70. The van der Waals surface area contributed by atoms with E-state index in [0.29, 0.717) is 11.3 Å². The molecule has 27 heavy (non-hydrogen) atoms. The Labute approximate surface area is 159 Å². The van der Waals surface area contributed by atoms with E-state index in [4.69, 9.17) is 4.42 Å². The summed E-state index contributed by atoms with van der Waals surface area (Å²) in [4.78, 5) is 24.0. The molecule has 0 aliphatic carbocycles. The minimum absolute atomic E-state index is 0.0126. The minimum Gasteiger partial charge on any atom is -0.451 e. The van der Waals surface area contributed by atoms with Crippen LogP contribution in [0.2, 0.25) is 0 Å². The van der Waals surface area contributed by atoms with Gasteiger partial charge in [-0.1, -0.05) is 63.2 Å². The first-order valence-electron chi connectivity index (χ1n) is 8.88. The molecule has 4 heteroatoms. The predicted molar refractivity (Wildman–Crippen MR) is 107 cm³/mol. The molecule has 0 fully saturated rings. The molecule has 1 N–H and O–H groups in total. The van der Waals surface area contributed by atoms with Crippen molar-refractivity contribution in [3.8, 4) is 11.3 Å². The number of carbonyl (C=O) groups excluding carboxylic acids is 2. The molecule has 1 amide bonds. The number of benzene rings is 2. The standard InChI is InChI=1S/C23H23NO3/c1-15(25)16-9-11-17(12-10-16)20-13-14-21(27-20)22(26)24-19-8-6-5-7-18(19)23(2,3)4/h5-14H,1-4H3,(H,24,26). The number of amides is 1. The van der Waals surface area contributed by atoms with E-state index in [1.807, 2.05) is 36.4 Å². The van der Waals surface area contributed by atoms with Gasteiger partial charge in [0.25, 0.3) is 5.91 Å². The summed E-state index contributed by atoms with van der Waals surface area (Å²) in [5.74, 6) is 0.542. The van der Waals surface area contributed by atoms with E-state index in [0.717, 1.165) is 16.8 Å². The average Bonchev–Trinajstić information content (AvgIpc) is 3.11. The van der Waals surface area contributed by atoms with E-state index in [1.54, 1.807) is 24.3 Å². The summed E-state index contributed by atoms with van der Waals surface area (Å²) in [6.07, 6.45) is 0. The fourth-order valence-electron chi connectivity index (χ4n) is 2.91. The number of ketones is 1. The van der Waals surface area contributed by atoms with Crippen LogP contribution in [0.5, 0.6) is 0 Å². The quantitative estimate of drug-likeness (QED) is 0.607. The van der Waals surface area contributed by atoms with Crippen molar-refractivity contribution in [1.29, 1.82) is 0 Å². The molecule has 0 radical (unpaired) electrons. The first kappa shape index (κ1) is 18.6. The lowest BCUT2D eigenvalue weighted by Gasteiger charge is -2.22. The van der Waals surface area contributed by atoms with Crippen molar-refractivity contribution >= 4 is 17.4 Å². The smallest absolute Gasteiger partial charge is 0.291 e. The molecule has 0 aliphatic rings. The molecule has 0 spiro atoms. The highest BCUT2D eigenvalue weighted by atomic mass is 16.3. The molecule has 0 bridgehead atoms. The Hall–Kier alpha value is -3.14. The third-order valence-electron chi connectivity index (χ3n) is 4.39. The Balaban J connectivity index is 1.81. The number of furan rings is 1. The zero-order valence-electron chi connectivity index (χ0n) is 16.0. The molecule has 0 saturated heterocycles. The lowest BCUT2D eigenvalue weighted by molar-refractivity contribution is 0.0994. The van der Waals surface area contributed by atoms with Crippen molar-refractivity contribution in [3.05, 3.63) is 77.6 Å². The summed E-state index contributed by atoms with van der Waals surface area (Å²) < 4.78 is 5.73. The minimum atomic E-state index is -0.293. The summed E-state index contributed by atoms with van der Waals surface area (Å²) >= 11 is 0. The van der Waals surface area contributed by atoms with Crippen molar-refractivity contribution in [2.45, 2.75) is 33.1 Å². The lowest BCUT2D eigenvalue weighted by Crippen LogP contribution is -2.18. The maximum atomic E-state index is 12.6. The van der Waals surface area contributed by atoms with Crippen molar-refractivity contribution in [2.24, 2.45) is 0 Å². The van der Waals surface area contributed by atoms with Crippen molar-refractivity contribution in [3.63, 3.8) is 0 Å². The molecule has 1 aromatic heterocycles. The molecule has 0 unspecified atom stereocenters. The Kier molecular flexibility index (Phi) is 5.00. The molecule has 1 heterocycles. The Morgan fingerprint density at radius 3 is 2.19 bits per heavy atom. The van der Waals surface area contributed by atoms with Crippen LogP contribution in [0.15, 0.2) is 65.1 Å². The number of hydrogen-bond acceptors (Lipinski definition) is 3. The Morgan fingerprint density at radius 2 is 1.56 bits per heavy atom. The van der Waals surface area contributed by atoms with Crippen LogP contribution in [-0.2, 0) is 5.41 Å². The van der Waals surface area contributed by atoms with Crippen LogP contribution < -0.4 is 5.32 Å². The van der Waals surface area contributed by atoms with Gasteiger partial charge < -0.3 is 9.73 Å². The fraction of sp³-hybridized carbons (Fsp3) is 0.217. The van der Waals surface area contributed by atoms with Crippen LogP contribution >= 0.6 is 0 Å². The van der Waals surface area contributed by atoms with Gasteiger partial charge in [0, 0.05) is 16.8 Å². The highest BCUT2D eigenvalue weighted by molar-refractivity contribution is 6.03. The highest BCUT2D eigenvalue weighted by Gasteiger charge is 2.20. The fourth-order valence-corrected chi connectivity index (χ4v) is 2.91. The molecule has 0 atom stereocenters. The van der Waals surface area contributed by atoms with Gasteiger partial charge in [-0.25, -0.2) is 0 Å². The maximum absolute atomic E-state index is 12.6. The second-order valence-corrected chi connectivity index (χ2v) is 7.55. The number of nitrogens with one attached hydrogen (secondary N) is 1. The molecule has 0 aliphatic heterocycles. The number of anilines is 1. The normalized spacial score (nSPS) is 11.3. The maximum Gasteiger partial charge on any atom is 0.291 e. The zero-order valence-corrected chi connectivity index (χ0v) is 16.0.